The maximum atomic E-state index is 5.23. The van der Waals surface area contributed by atoms with Crippen molar-refractivity contribution >= 4 is 29.4 Å². The van der Waals surface area contributed by atoms with Crippen LogP contribution in [0.25, 0.3) is 44.5 Å². The smallest absolute Gasteiger partial charge is 0.159 e. The average Bonchev–Trinajstić information content (AvgIpc) is 3.07. The molecular weight excluding hydrogens is 392 g/mol. The molecule has 2 nitrogen and oxygen atoms in total. The second-order valence-corrected chi connectivity index (χ2v) is 12.9. The molecule has 5 aromatic rings. The zero-order valence-corrected chi connectivity index (χ0v) is 18.6. The van der Waals surface area contributed by atoms with Gasteiger partial charge in [-0.3, -0.25) is 0 Å². The number of nitrogens with zero attached hydrogens (tertiary/aromatic N) is 2. The Bertz CT molecular complexity index is 1440. The highest BCUT2D eigenvalue weighted by Crippen LogP contribution is 2.39. The van der Waals surface area contributed by atoms with E-state index in [-0.39, 0.29) is 0 Å². The number of rotatable bonds is 2. The number of fused-ring (bicyclic) bond motifs is 5. The van der Waals surface area contributed by atoms with Crippen LogP contribution in [0.5, 0.6) is 0 Å². The Morgan fingerprint density at radius 3 is 1.97 bits per heavy atom. The highest BCUT2D eigenvalue weighted by atomic mass is 28.3. The van der Waals surface area contributed by atoms with E-state index < -0.39 is 8.07 Å². The van der Waals surface area contributed by atoms with E-state index in [4.69, 9.17) is 9.97 Å². The van der Waals surface area contributed by atoms with Gasteiger partial charge in [-0.05, 0) is 21.5 Å². The summed E-state index contributed by atoms with van der Waals surface area (Å²) in [5.41, 5.74) is 5.81. The van der Waals surface area contributed by atoms with E-state index in [9.17, 15) is 0 Å². The minimum atomic E-state index is -1.98. The molecule has 1 aromatic heterocycles. The number of aromatic nitrogens is 2. The molecule has 31 heavy (non-hydrogen) atoms. The Hall–Kier alpha value is -3.56. The zero-order chi connectivity index (χ0) is 21.0. The highest BCUT2D eigenvalue weighted by molar-refractivity contribution is 7.03. The number of benzene rings is 4. The van der Waals surface area contributed by atoms with Crippen LogP contribution < -0.4 is 10.5 Å². The molecule has 148 valence electrons. The highest BCUT2D eigenvalue weighted by Gasteiger charge is 2.42. The van der Waals surface area contributed by atoms with Gasteiger partial charge < -0.3 is 0 Å². The van der Waals surface area contributed by atoms with Crippen molar-refractivity contribution in [1.29, 1.82) is 0 Å². The van der Waals surface area contributed by atoms with Gasteiger partial charge in [-0.1, -0.05) is 110 Å². The van der Waals surface area contributed by atoms with Crippen LogP contribution in [0.3, 0.4) is 0 Å². The summed E-state index contributed by atoms with van der Waals surface area (Å²) in [6.07, 6.45) is 0. The Morgan fingerprint density at radius 2 is 1.23 bits per heavy atom. The Labute approximate surface area is 183 Å². The minimum Gasteiger partial charge on any atom is -0.237 e. The molecule has 0 saturated heterocycles. The molecule has 0 saturated carbocycles. The van der Waals surface area contributed by atoms with Crippen molar-refractivity contribution in [2.45, 2.75) is 13.1 Å². The fourth-order valence-electron chi connectivity index (χ4n) is 4.86. The van der Waals surface area contributed by atoms with Gasteiger partial charge in [0.1, 0.15) is 8.07 Å². The van der Waals surface area contributed by atoms with E-state index in [2.05, 4.69) is 104 Å². The predicted octanol–water partition coefficient (Wildman–Crippen LogP) is 5.77. The van der Waals surface area contributed by atoms with Crippen molar-refractivity contribution in [3.8, 4) is 33.8 Å². The van der Waals surface area contributed by atoms with Gasteiger partial charge in [-0.25, -0.2) is 9.97 Å². The van der Waals surface area contributed by atoms with Gasteiger partial charge >= 0.3 is 0 Å². The topological polar surface area (TPSA) is 25.8 Å². The van der Waals surface area contributed by atoms with Crippen molar-refractivity contribution < 1.29 is 0 Å². The summed E-state index contributed by atoms with van der Waals surface area (Å²) in [5, 5.41) is 5.27. The van der Waals surface area contributed by atoms with E-state index >= 15 is 0 Å². The molecule has 4 aromatic carbocycles. The number of hydrogen-bond acceptors (Lipinski definition) is 2. The van der Waals surface area contributed by atoms with E-state index in [0.29, 0.717) is 0 Å². The molecule has 3 heteroatoms. The molecule has 2 heterocycles. The fraction of sp³-hybridized carbons (Fsp3) is 0.0714. The Kier molecular flexibility index (Phi) is 3.95. The Balaban J connectivity index is 1.76. The molecule has 0 radical (unpaired) electrons. The summed E-state index contributed by atoms with van der Waals surface area (Å²) < 4.78 is 0. The van der Waals surface area contributed by atoms with Gasteiger partial charge in [-0.2, -0.15) is 0 Å². The van der Waals surface area contributed by atoms with Gasteiger partial charge in [-0.15, -0.1) is 0 Å². The SMILES string of the molecule is C[Si]1(C)c2ccc3ccccc3c2-c2c(-c3ccccc3)nc(-c3ccccc3)nc21. The standard InChI is InChI=1S/C28H22N2Si/c1-31(2)23-18-17-19-11-9-10-16-22(19)24(23)25-26(20-12-5-3-6-13-20)29-27(30-28(25)31)21-14-7-4-8-15-21/h3-18H,1-2H3. The molecule has 1 aliphatic heterocycles. The summed E-state index contributed by atoms with van der Waals surface area (Å²) in [6, 6.07) is 34.2. The third-order valence-corrected chi connectivity index (χ3v) is 9.74. The van der Waals surface area contributed by atoms with Crippen LogP contribution in [0.2, 0.25) is 13.1 Å². The van der Waals surface area contributed by atoms with Crippen LogP contribution in [-0.4, -0.2) is 18.0 Å². The molecule has 1 aliphatic rings. The molecule has 0 aliphatic carbocycles. The van der Waals surface area contributed by atoms with Gasteiger partial charge in [0.05, 0.1) is 5.69 Å². The lowest BCUT2D eigenvalue weighted by Crippen LogP contribution is -2.50. The summed E-state index contributed by atoms with van der Waals surface area (Å²) in [5.74, 6) is 0.816. The quantitative estimate of drug-likeness (QED) is 0.343. The molecule has 0 bridgehead atoms. The summed E-state index contributed by atoms with van der Waals surface area (Å²) in [6.45, 7) is 4.84. The van der Waals surface area contributed by atoms with Crippen LogP contribution in [0.1, 0.15) is 0 Å². The van der Waals surface area contributed by atoms with Gasteiger partial charge in [0, 0.05) is 22.0 Å². The van der Waals surface area contributed by atoms with E-state index in [1.165, 1.54) is 32.4 Å². The lowest BCUT2D eigenvalue weighted by atomic mass is 9.95. The van der Waals surface area contributed by atoms with E-state index in [0.717, 1.165) is 22.6 Å². The molecule has 0 N–H and O–H groups in total. The van der Waals surface area contributed by atoms with Crippen LogP contribution in [0.4, 0.5) is 0 Å². The van der Waals surface area contributed by atoms with Crippen LogP contribution in [0, 0.1) is 0 Å². The lowest BCUT2D eigenvalue weighted by molar-refractivity contribution is 1.21. The first-order chi connectivity index (χ1) is 15.1. The number of hydrogen-bond donors (Lipinski definition) is 0. The van der Waals surface area contributed by atoms with Crippen LogP contribution in [0.15, 0.2) is 97.1 Å². The molecule has 6 rings (SSSR count). The van der Waals surface area contributed by atoms with E-state index in [1.54, 1.807) is 0 Å². The summed E-state index contributed by atoms with van der Waals surface area (Å²) in [4.78, 5) is 10.4. The van der Waals surface area contributed by atoms with Crippen molar-refractivity contribution in [2.75, 3.05) is 0 Å². The second-order valence-electron chi connectivity index (χ2n) is 8.69. The molecule has 0 unspecified atom stereocenters. The molecule has 0 fully saturated rings. The van der Waals surface area contributed by atoms with Gasteiger partial charge in [0.15, 0.2) is 5.82 Å². The average molecular weight is 415 g/mol. The fourth-order valence-corrected chi connectivity index (χ4v) is 7.75. The molecular formula is C28H22N2Si. The first kappa shape index (κ1) is 18.2. The van der Waals surface area contributed by atoms with Gasteiger partial charge in [0.25, 0.3) is 0 Å². The normalized spacial score (nSPS) is 13.7. The minimum absolute atomic E-state index is 0.816. The third-order valence-electron chi connectivity index (χ3n) is 6.43. The Morgan fingerprint density at radius 1 is 0.581 bits per heavy atom. The summed E-state index contributed by atoms with van der Waals surface area (Å²) in [7, 11) is -1.98. The lowest BCUT2D eigenvalue weighted by Gasteiger charge is -2.19. The first-order valence-electron chi connectivity index (χ1n) is 10.7. The summed E-state index contributed by atoms with van der Waals surface area (Å²) >= 11 is 0. The maximum Gasteiger partial charge on any atom is 0.159 e. The van der Waals surface area contributed by atoms with Crippen molar-refractivity contribution in [3.05, 3.63) is 97.1 Å². The monoisotopic (exact) mass is 414 g/mol. The first-order valence-corrected chi connectivity index (χ1v) is 13.7. The van der Waals surface area contributed by atoms with Crippen molar-refractivity contribution in [3.63, 3.8) is 0 Å². The van der Waals surface area contributed by atoms with Crippen LogP contribution in [-0.2, 0) is 0 Å². The van der Waals surface area contributed by atoms with E-state index in [1.807, 2.05) is 6.07 Å². The molecule has 0 spiro atoms. The maximum absolute atomic E-state index is 5.23. The van der Waals surface area contributed by atoms with Crippen molar-refractivity contribution in [1.82, 2.24) is 9.97 Å². The van der Waals surface area contributed by atoms with Crippen molar-refractivity contribution in [2.24, 2.45) is 0 Å². The van der Waals surface area contributed by atoms with Crippen LogP contribution >= 0.6 is 0 Å². The molecule has 0 atom stereocenters. The largest absolute Gasteiger partial charge is 0.237 e. The van der Waals surface area contributed by atoms with Gasteiger partial charge in [0.2, 0.25) is 0 Å². The predicted molar refractivity (Wildman–Crippen MR) is 133 cm³/mol. The zero-order valence-electron chi connectivity index (χ0n) is 17.6. The molecule has 0 amide bonds. The second kappa shape index (κ2) is 6.72. The third kappa shape index (κ3) is 2.70.